The highest BCUT2D eigenvalue weighted by Gasteiger charge is 2.17. The van der Waals surface area contributed by atoms with Crippen LogP contribution in [0.3, 0.4) is 0 Å². The van der Waals surface area contributed by atoms with Crippen molar-refractivity contribution in [1.82, 2.24) is 14.8 Å². The van der Waals surface area contributed by atoms with E-state index in [4.69, 9.17) is 4.74 Å². The largest absolute Gasteiger partial charge is 0.462 e. The van der Waals surface area contributed by atoms with Gasteiger partial charge in [-0.3, -0.25) is 4.68 Å². The van der Waals surface area contributed by atoms with E-state index in [-0.39, 0.29) is 18.6 Å². The second kappa shape index (κ2) is 7.76. The van der Waals surface area contributed by atoms with Crippen LogP contribution in [0.4, 0.5) is 0 Å². The van der Waals surface area contributed by atoms with Gasteiger partial charge in [0.05, 0.1) is 18.2 Å². The monoisotopic (exact) mass is 403 g/mol. The Morgan fingerprint density at radius 2 is 2.12 bits per heavy atom. The maximum atomic E-state index is 11.8. The number of fused-ring (bicyclic) bond motifs is 1. The summed E-state index contributed by atoms with van der Waals surface area (Å²) in [5.74, 6) is -0.341. The van der Waals surface area contributed by atoms with Gasteiger partial charge in [0.15, 0.2) is 5.65 Å². The van der Waals surface area contributed by atoms with Gasteiger partial charge in [-0.15, -0.1) is 0 Å². The molecule has 3 aromatic rings. The van der Waals surface area contributed by atoms with Crippen LogP contribution in [0.15, 0.2) is 47.2 Å². The predicted molar refractivity (Wildman–Crippen MR) is 97.5 cm³/mol. The van der Waals surface area contributed by atoms with Gasteiger partial charge in [0.1, 0.15) is 0 Å². The molecule has 3 rings (SSSR count). The summed E-state index contributed by atoms with van der Waals surface area (Å²) in [6.07, 6.45) is 4.12. The van der Waals surface area contributed by atoms with Gasteiger partial charge < -0.3 is 9.84 Å². The lowest BCUT2D eigenvalue weighted by Crippen LogP contribution is -2.13. The van der Waals surface area contributed by atoms with Gasteiger partial charge in [-0.1, -0.05) is 12.1 Å². The molecule has 0 aliphatic carbocycles. The van der Waals surface area contributed by atoms with Crippen molar-refractivity contribution >= 4 is 32.9 Å². The number of benzene rings is 1. The van der Waals surface area contributed by atoms with Crippen molar-refractivity contribution in [3.8, 4) is 0 Å². The third-order valence-electron chi connectivity index (χ3n) is 3.87. The number of pyridine rings is 1. The van der Waals surface area contributed by atoms with Crippen molar-refractivity contribution in [2.24, 2.45) is 0 Å². The average molecular weight is 404 g/mol. The van der Waals surface area contributed by atoms with Gasteiger partial charge in [0.2, 0.25) is 0 Å². The first kappa shape index (κ1) is 17.6. The molecule has 25 heavy (non-hydrogen) atoms. The first-order valence-corrected chi connectivity index (χ1v) is 8.80. The number of halogens is 1. The lowest BCUT2D eigenvalue weighted by molar-refractivity contribution is 0.0526. The van der Waals surface area contributed by atoms with Crippen LogP contribution in [-0.4, -0.2) is 39.1 Å². The maximum Gasteiger partial charge on any atom is 0.338 e. The Kier molecular flexibility index (Phi) is 5.45. The number of esters is 1. The predicted octanol–water partition coefficient (Wildman–Crippen LogP) is 3.34. The molecule has 0 bridgehead atoms. The van der Waals surface area contributed by atoms with Crippen LogP contribution < -0.4 is 0 Å². The fourth-order valence-corrected chi connectivity index (χ4v) is 3.05. The lowest BCUT2D eigenvalue weighted by Gasteiger charge is -2.17. The quantitative estimate of drug-likeness (QED) is 0.638. The van der Waals surface area contributed by atoms with E-state index in [1.54, 1.807) is 29.9 Å². The molecule has 2 aromatic heterocycles. The van der Waals surface area contributed by atoms with Crippen LogP contribution in [0.2, 0.25) is 0 Å². The average Bonchev–Trinajstić information content (AvgIpc) is 3.02. The number of hydrogen-bond acceptors (Lipinski definition) is 5. The molecule has 6 nitrogen and oxygen atoms in total. The number of aliphatic hydroxyl groups excluding tert-OH is 1. The SMILES string of the molecule is CCOC(=O)c1ccc(C(CCO)n2cc3cc(Br)cnc3n2)cc1. The normalized spacial score (nSPS) is 12.3. The topological polar surface area (TPSA) is 77.2 Å². The number of carbonyl (C=O) groups excluding carboxylic acids is 1. The molecule has 0 spiro atoms. The second-order valence-corrected chi connectivity index (χ2v) is 6.46. The molecule has 1 aromatic carbocycles. The zero-order chi connectivity index (χ0) is 17.8. The smallest absolute Gasteiger partial charge is 0.338 e. The Bertz CT molecular complexity index is 877. The Balaban J connectivity index is 1.93. The fourth-order valence-electron chi connectivity index (χ4n) is 2.70. The highest BCUT2D eigenvalue weighted by Crippen LogP contribution is 2.25. The van der Waals surface area contributed by atoms with Crippen LogP contribution in [0.25, 0.3) is 11.0 Å². The molecule has 1 atom stereocenters. The van der Waals surface area contributed by atoms with Crippen LogP contribution in [0.5, 0.6) is 0 Å². The molecule has 0 aliphatic rings. The van der Waals surface area contributed by atoms with E-state index in [1.807, 2.05) is 24.4 Å². The van der Waals surface area contributed by atoms with E-state index in [0.717, 1.165) is 15.4 Å². The molecular formula is C18H18BrN3O3. The summed E-state index contributed by atoms with van der Waals surface area (Å²) in [6.45, 7) is 2.14. The van der Waals surface area contributed by atoms with E-state index in [0.29, 0.717) is 24.2 Å². The lowest BCUT2D eigenvalue weighted by atomic mass is 10.0. The van der Waals surface area contributed by atoms with Gasteiger partial charge in [-0.25, -0.2) is 9.78 Å². The van der Waals surface area contributed by atoms with Gasteiger partial charge in [-0.05, 0) is 53.0 Å². The molecule has 1 N–H and O–H groups in total. The summed E-state index contributed by atoms with van der Waals surface area (Å²) in [6, 6.07) is 9.00. The number of aromatic nitrogens is 3. The van der Waals surface area contributed by atoms with E-state index in [1.165, 1.54) is 0 Å². The second-order valence-electron chi connectivity index (χ2n) is 5.55. The number of nitrogens with zero attached hydrogens (tertiary/aromatic N) is 3. The minimum absolute atomic E-state index is 0.0254. The first-order valence-electron chi connectivity index (χ1n) is 8.00. The summed E-state index contributed by atoms with van der Waals surface area (Å²) in [5.41, 5.74) is 2.10. The van der Waals surface area contributed by atoms with Crippen molar-refractivity contribution in [2.45, 2.75) is 19.4 Å². The van der Waals surface area contributed by atoms with Gasteiger partial charge >= 0.3 is 5.97 Å². The first-order chi connectivity index (χ1) is 12.1. The summed E-state index contributed by atoms with van der Waals surface area (Å²) in [5, 5.41) is 14.9. The maximum absolute atomic E-state index is 11.8. The van der Waals surface area contributed by atoms with Crippen LogP contribution in [0.1, 0.15) is 35.3 Å². The van der Waals surface area contributed by atoms with Crippen molar-refractivity contribution in [3.63, 3.8) is 0 Å². The molecule has 7 heteroatoms. The Morgan fingerprint density at radius 1 is 1.36 bits per heavy atom. The molecule has 130 valence electrons. The fraction of sp³-hybridized carbons (Fsp3) is 0.278. The molecular weight excluding hydrogens is 386 g/mol. The zero-order valence-corrected chi connectivity index (χ0v) is 15.3. The molecule has 1 unspecified atom stereocenters. The third-order valence-corrected chi connectivity index (χ3v) is 4.31. The molecule has 0 amide bonds. The molecule has 0 fully saturated rings. The Labute approximate surface area is 153 Å². The summed E-state index contributed by atoms with van der Waals surface area (Å²) >= 11 is 3.41. The van der Waals surface area contributed by atoms with E-state index in [2.05, 4.69) is 26.0 Å². The highest BCUT2D eigenvalue weighted by atomic mass is 79.9. The van der Waals surface area contributed by atoms with E-state index >= 15 is 0 Å². The number of carbonyl (C=O) groups is 1. The summed E-state index contributed by atoms with van der Waals surface area (Å²) in [4.78, 5) is 16.1. The van der Waals surface area contributed by atoms with Crippen LogP contribution in [0, 0.1) is 0 Å². The molecule has 0 saturated heterocycles. The Hall–Kier alpha value is -2.25. The van der Waals surface area contributed by atoms with Crippen LogP contribution in [-0.2, 0) is 4.74 Å². The van der Waals surface area contributed by atoms with Gasteiger partial charge in [-0.2, -0.15) is 5.10 Å². The van der Waals surface area contributed by atoms with Crippen molar-refractivity contribution in [1.29, 1.82) is 0 Å². The minimum Gasteiger partial charge on any atom is -0.462 e. The zero-order valence-electron chi connectivity index (χ0n) is 13.7. The molecule has 0 radical (unpaired) electrons. The van der Waals surface area contributed by atoms with E-state index < -0.39 is 0 Å². The van der Waals surface area contributed by atoms with Crippen molar-refractivity contribution in [3.05, 3.63) is 58.3 Å². The number of rotatable bonds is 6. The standard InChI is InChI=1S/C18H18BrN3O3/c1-2-25-18(24)13-5-3-12(4-6-13)16(7-8-23)22-11-14-9-15(19)10-20-17(14)21-22/h3-6,9-11,16,23H,2,7-8H2,1H3. The van der Waals surface area contributed by atoms with Crippen molar-refractivity contribution < 1.29 is 14.6 Å². The molecule has 0 saturated carbocycles. The highest BCUT2D eigenvalue weighted by molar-refractivity contribution is 9.10. The number of aliphatic hydroxyl groups is 1. The Morgan fingerprint density at radius 3 is 2.80 bits per heavy atom. The summed E-state index contributed by atoms with van der Waals surface area (Å²) < 4.78 is 7.69. The molecule has 2 heterocycles. The number of hydrogen-bond donors (Lipinski definition) is 1. The third kappa shape index (κ3) is 3.88. The van der Waals surface area contributed by atoms with Crippen LogP contribution >= 0.6 is 15.9 Å². The molecule has 0 aliphatic heterocycles. The van der Waals surface area contributed by atoms with Crippen molar-refractivity contribution in [2.75, 3.05) is 13.2 Å². The minimum atomic E-state index is -0.341. The van der Waals surface area contributed by atoms with E-state index in [9.17, 15) is 9.90 Å². The number of ether oxygens (including phenoxy) is 1. The van der Waals surface area contributed by atoms with Gasteiger partial charge in [0.25, 0.3) is 0 Å². The van der Waals surface area contributed by atoms with Gasteiger partial charge in [0, 0.05) is 28.9 Å². The summed E-state index contributed by atoms with van der Waals surface area (Å²) in [7, 11) is 0.